The van der Waals surface area contributed by atoms with E-state index < -0.39 is 0 Å². The molecule has 6 nitrogen and oxygen atoms in total. The number of aromatic nitrogens is 3. The molecule has 6 heteroatoms. The molecule has 0 spiro atoms. The van der Waals surface area contributed by atoms with Crippen molar-refractivity contribution in [2.45, 2.75) is 25.3 Å². The molecule has 1 aromatic carbocycles. The van der Waals surface area contributed by atoms with Crippen LogP contribution in [0.4, 0.5) is 0 Å². The number of hydrogen-bond donors (Lipinski definition) is 2. The first-order chi connectivity index (χ1) is 13.7. The maximum Gasteiger partial charge on any atom is 0.269 e. The minimum Gasteiger partial charge on any atom is -0.349 e. The zero-order valence-corrected chi connectivity index (χ0v) is 16.3. The number of piperidine rings is 1. The van der Waals surface area contributed by atoms with Crippen molar-refractivity contribution in [1.82, 2.24) is 25.0 Å². The standard InChI is InChI=1S/C22H27N5O/c1-26-12-6-10-21(26)19-15-20(25-24-19)22(28)23-18-9-5-13-27(16-18)14-11-17-7-3-2-4-8-17/h2-4,6-8,10,12,15,18H,5,9,11,13-14,16H2,1H3,(H,23,28)(H,24,25). The molecule has 1 amide bonds. The molecule has 28 heavy (non-hydrogen) atoms. The summed E-state index contributed by atoms with van der Waals surface area (Å²) in [6.45, 7) is 3.02. The van der Waals surface area contributed by atoms with E-state index in [4.69, 9.17) is 0 Å². The molecule has 4 rings (SSSR count). The SMILES string of the molecule is Cn1cccc1-c1cc(C(=O)NC2CCCN(CCc3ccccc3)C2)[nH]n1. The highest BCUT2D eigenvalue weighted by molar-refractivity contribution is 5.93. The Morgan fingerprint density at radius 1 is 1.25 bits per heavy atom. The topological polar surface area (TPSA) is 66.0 Å². The van der Waals surface area contributed by atoms with Crippen LogP contribution in [-0.4, -0.2) is 51.2 Å². The second-order valence-corrected chi connectivity index (χ2v) is 7.52. The smallest absolute Gasteiger partial charge is 0.269 e. The average molecular weight is 377 g/mol. The third-order valence-electron chi connectivity index (χ3n) is 5.43. The second-order valence-electron chi connectivity index (χ2n) is 7.52. The van der Waals surface area contributed by atoms with Gasteiger partial charge in [0.1, 0.15) is 11.4 Å². The summed E-state index contributed by atoms with van der Waals surface area (Å²) < 4.78 is 1.99. The van der Waals surface area contributed by atoms with Crippen molar-refractivity contribution in [3.8, 4) is 11.4 Å². The van der Waals surface area contributed by atoms with Gasteiger partial charge < -0.3 is 14.8 Å². The van der Waals surface area contributed by atoms with Gasteiger partial charge in [-0.2, -0.15) is 5.10 Å². The number of nitrogens with zero attached hydrogens (tertiary/aromatic N) is 3. The Morgan fingerprint density at radius 2 is 2.11 bits per heavy atom. The molecule has 0 saturated carbocycles. The lowest BCUT2D eigenvalue weighted by atomic mass is 10.0. The van der Waals surface area contributed by atoms with Crippen LogP contribution in [0.15, 0.2) is 54.7 Å². The van der Waals surface area contributed by atoms with Crippen molar-refractivity contribution in [2.24, 2.45) is 7.05 Å². The summed E-state index contributed by atoms with van der Waals surface area (Å²) in [5.41, 5.74) is 3.64. The molecule has 1 fully saturated rings. The second kappa shape index (κ2) is 8.44. The molecule has 1 saturated heterocycles. The van der Waals surface area contributed by atoms with Crippen LogP contribution in [0.2, 0.25) is 0 Å². The largest absolute Gasteiger partial charge is 0.349 e. The number of nitrogens with one attached hydrogen (secondary N) is 2. The minimum atomic E-state index is -0.0807. The summed E-state index contributed by atoms with van der Waals surface area (Å²) in [4.78, 5) is 15.1. The normalized spacial score (nSPS) is 17.5. The van der Waals surface area contributed by atoms with Crippen LogP contribution in [-0.2, 0) is 13.5 Å². The lowest BCUT2D eigenvalue weighted by Crippen LogP contribution is -2.48. The first-order valence-corrected chi connectivity index (χ1v) is 9.93. The zero-order chi connectivity index (χ0) is 19.3. The lowest BCUT2D eigenvalue weighted by molar-refractivity contribution is 0.0899. The molecular weight excluding hydrogens is 350 g/mol. The van der Waals surface area contributed by atoms with E-state index in [9.17, 15) is 4.79 Å². The summed E-state index contributed by atoms with van der Waals surface area (Å²) >= 11 is 0. The molecule has 146 valence electrons. The number of H-pyrrole nitrogens is 1. The molecule has 1 aliphatic heterocycles. The van der Waals surface area contributed by atoms with Crippen LogP contribution >= 0.6 is 0 Å². The molecule has 1 aliphatic rings. The summed E-state index contributed by atoms with van der Waals surface area (Å²) in [5.74, 6) is -0.0807. The Morgan fingerprint density at radius 3 is 2.89 bits per heavy atom. The first-order valence-electron chi connectivity index (χ1n) is 9.93. The Balaban J connectivity index is 1.32. The number of aryl methyl sites for hydroxylation is 1. The van der Waals surface area contributed by atoms with Gasteiger partial charge >= 0.3 is 0 Å². The summed E-state index contributed by atoms with van der Waals surface area (Å²) in [6, 6.07) is 16.5. The molecule has 0 aliphatic carbocycles. The first kappa shape index (κ1) is 18.5. The van der Waals surface area contributed by atoms with E-state index in [1.165, 1.54) is 5.56 Å². The van der Waals surface area contributed by atoms with Crippen molar-refractivity contribution in [2.75, 3.05) is 19.6 Å². The Bertz CT molecular complexity index is 914. The molecule has 1 atom stereocenters. The number of aromatic amines is 1. The number of amides is 1. The maximum absolute atomic E-state index is 12.7. The monoisotopic (exact) mass is 377 g/mol. The van der Waals surface area contributed by atoms with Crippen molar-refractivity contribution >= 4 is 5.91 Å². The molecule has 2 aromatic heterocycles. The number of carbonyl (C=O) groups excluding carboxylic acids is 1. The van der Waals surface area contributed by atoms with Crippen LogP contribution in [0, 0.1) is 0 Å². The molecule has 3 aromatic rings. The molecular formula is C22H27N5O. The van der Waals surface area contributed by atoms with E-state index in [0.29, 0.717) is 5.69 Å². The van der Waals surface area contributed by atoms with Gasteiger partial charge in [-0.1, -0.05) is 30.3 Å². The zero-order valence-electron chi connectivity index (χ0n) is 16.3. The average Bonchev–Trinajstić information content (AvgIpc) is 3.36. The van der Waals surface area contributed by atoms with Crippen molar-refractivity contribution in [3.63, 3.8) is 0 Å². The van der Waals surface area contributed by atoms with E-state index in [0.717, 1.165) is 50.3 Å². The molecule has 0 bridgehead atoms. The van der Waals surface area contributed by atoms with Crippen LogP contribution in [0.3, 0.4) is 0 Å². The van der Waals surface area contributed by atoms with Gasteiger partial charge in [0.05, 0.1) is 5.69 Å². The predicted molar refractivity (Wildman–Crippen MR) is 110 cm³/mol. The summed E-state index contributed by atoms with van der Waals surface area (Å²) in [7, 11) is 1.97. The van der Waals surface area contributed by atoms with Gasteiger partial charge in [0.2, 0.25) is 0 Å². The van der Waals surface area contributed by atoms with Gasteiger partial charge in [-0.3, -0.25) is 9.89 Å². The third kappa shape index (κ3) is 4.34. The van der Waals surface area contributed by atoms with E-state index >= 15 is 0 Å². The van der Waals surface area contributed by atoms with Gasteiger partial charge in [0.15, 0.2) is 0 Å². The fraction of sp³-hybridized carbons (Fsp3) is 0.364. The molecule has 0 radical (unpaired) electrons. The van der Waals surface area contributed by atoms with E-state index in [2.05, 4.69) is 50.7 Å². The Kier molecular flexibility index (Phi) is 5.58. The van der Waals surface area contributed by atoms with Crippen molar-refractivity contribution < 1.29 is 4.79 Å². The molecule has 1 unspecified atom stereocenters. The lowest BCUT2D eigenvalue weighted by Gasteiger charge is -2.33. The van der Waals surface area contributed by atoms with Crippen LogP contribution in [0.5, 0.6) is 0 Å². The number of likely N-dealkylation sites (tertiary alicyclic amines) is 1. The Labute approximate surface area is 165 Å². The molecule has 2 N–H and O–H groups in total. The number of rotatable bonds is 6. The van der Waals surface area contributed by atoms with Gasteiger partial charge in [0, 0.05) is 32.4 Å². The summed E-state index contributed by atoms with van der Waals surface area (Å²) in [6.07, 6.45) is 5.14. The highest BCUT2D eigenvalue weighted by Crippen LogP contribution is 2.18. The number of hydrogen-bond acceptors (Lipinski definition) is 3. The fourth-order valence-corrected chi connectivity index (χ4v) is 3.87. The molecule has 3 heterocycles. The van der Waals surface area contributed by atoms with Gasteiger partial charge in [0.25, 0.3) is 5.91 Å². The van der Waals surface area contributed by atoms with Gasteiger partial charge in [-0.05, 0) is 49.6 Å². The van der Waals surface area contributed by atoms with Crippen molar-refractivity contribution in [3.05, 3.63) is 66.0 Å². The maximum atomic E-state index is 12.7. The van der Waals surface area contributed by atoms with E-state index in [1.54, 1.807) is 0 Å². The number of carbonyl (C=O) groups is 1. The van der Waals surface area contributed by atoms with Gasteiger partial charge in [-0.15, -0.1) is 0 Å². The van der Waals surface area contributed by atoms with Gasteiger partial charge in [-0.25, -0.2) is 0 Å². The van der Waals surface area contributed by atoms with E-state index in [1.807, 2.05) is 36.0 Å². The van der Waals surface area contributed by atoms with Crippen molar-refractivity contribution in [1.29, 1.82) is 0 Å². The third-order valence-corrected chi connectivity index (χ3v) is 5.43. The quantitative estimate of drug-likeness (QED) is 0.694. The minimum absolute atomic E-state index is 0.0807. The van der Waals surface area contributed by atoms with E-state index in [-0.39, 0.29) is 11.9 Å². The van der Waals surface area contributed by atoms with Crippen LogP contribution < -0.4 is 5.32 Å². The number of benzene rings is 1. The highest BCUT2D eigenvalue weighted by atomic mass is 16.2. The van der Waals surface area contributed by atoms with Crippen LogP contribution in [0.25, 0.3) is 11.4 Å². The Hall–Kier alpha value is -2.86. The highest BCUT2D eigenvalue weighted by Gasteiger charge is 2.22. The van der Waals surface area contributed by atoms with Crippen LogP contribution in [0.1, 0.15) is 28.9 Å². The fourth-order valence-electron chi connectivity index (χ4n) is 3.87. The predicted octanol–water partition coefficient (Wildman–Crippen LogP) is 2.85. The summed E-state index contributed by atoms with van der Waals surface area (Å²) in [5, 5.41) is 10.4.